The summed E-state index contributed by atoms with van der Waals surface area (Å²) in [6, 6.07) is 0.782. The maximum atomic E-state index is 13.0. The summed E-state index contributed by atoms with van der Waals surface area (Å²) in [5, 5.41) is 3.86. The highest BCUT2D eigenvalue weighted by Crippen LogP contribution is 2.37. The van der Waals surface area contributed by atoms with Crippen molar-refractivity contribution in [3.8, 4) is 0 Å². The number of nitrogens with one attached hydrogen (secondary N) is 1. The van der Waals surface area contributed by atoms with Crippen LogP contribution in [-0.2, 0) is 12.7 Å². The molecule has 2 unspecified atom stereocenters. The number of alkyl halides is 3. The highest BCUT2D eigenvalue weighted by Gasteiger charge is 2.40. The van der Waals surface area contributed by atoms with E-state index in [1.807, 2.05) is 0 Å². The fourth-order valence-electron chi connectivity index (χ4n) is 3.30. The van der Waals surface area contributed by atoms with E-state index in [4.69, 9.17) is 0 Å². The van der Waals surface area contributed by atoms with Crippen molar-refractivity contribution in [1.29, 1.82) is 0 Å². The van der Waals surface area contributed by atoms with Crippen molar-refractivity contribution < 1.29 is 13.2 Å². The molecule has 2 saturated heterocycles. The van der Waals surface area contributed by atoms with Gasteiger partial charge in [0.2, 0.25) is 0 Å². The molecule has 2 aliphatic rings. The van der Waals surface area contributed by atoms with Gasteiger partial charge in [-0.3, -0.25) is 4.90 Å². The van der Waals surface area contributed by atoms with Gasteiger partial charge in [-0.05, 0) is 32.7 Å². The number of rotatable bonds is 2. The van der Waals surface area contributed by atoms with Crippen LogP contribution in [0, 0.1) is 6.92 Å². The Morgan fingerprint density at radius 2 is 2.05 bits per heavy atom. The average Bonchev–Trinajstić information content (AvgIpc) is 2.80. The normalized spacial score (nSPS) is 27.8. The second-order valence-electron chi connectivity index (χ2n) is 5.55. The van der Waals surface area contributed by atoms with Crippen LogP contribution in [0.25, 0.3) is 0 Å². The molecule has 3 rings (SSSR count). The molecular weight excluding hydrogens is 287 g/mol. The number of fused-ring (bicyclic) bond motifs is 2. The topological polar surface area (TPSA) is 28.2 Å². The largest absolute Gasteiger partial charge is 0.434 e. The summed E-state index contributed by atoms with van der Waals surface area (Å²) in [5.41, 5.74) is -0.684. The first-order valence-corrected chi connectivity index (χ1v) is 7.77. The quantitative estimate of drug-likeness (QED) is 0.911. The molecule has 0 saturated carbocycles. The molecule has 1 N–H and O–H groups in total. The zero-order valence-corrected chi connectivity index (χ0v) is 12.2. The van der Waals surface area contributed by atoms with E-state index in [1.54, 1.807) is 6.92 Å². The van der Waals surface area contributed by atoms with Crippen LogP contribution in [0.3, 0.4) is 0 Å². The maximum absolute atomic E-state index is 13.0. The molecule has 112 valence electrons. The van der Waals surface area contributed by atoms with Gasteiger partial charge in [-0.25, -0.2) is 4.98 Å². The van der Waals surface area contributed by atoms with Crippen molar-refractivity contribution in [3.63, 3.8) is 0 Å². The van der Waals surface area contributed by atoms with E-state index < -0.39 is 11.9 Å². The van der Waals surface area contributed by atoms with E-state index in [0.29, 0.717) is 28.5 Å². The lowest BCUT2D eigenvalue weighted by Crippen LogP contribution is -2.37. The lowest BCUT2D eigenvalue weighted by Gasteiger charge is -2.27. The van der Waals surface area contributed by atoms with Crippen LogP contribution in [-0.4, -0.2) is 35.1 Å². The van der Waals surface area contributed by atoms with Crippen molar-refractivity contribution in [3.05, 3.63) is 15.6 Å². The molecule has 20 heavy (non-hydrogen) atoms. The van der Waals surface area contributed by atoms with Gasteiger partial charge in [0.1, 0.15) is 0 Å². The van der Waals surface area contributed by atoms with Crippen molar-refractivity contribution in [1.82, 2.24) is 15.2 Å². The molecule has 3 nitrogen and oxygen atoms in total. The monoisotopic (exact) mass is 305 g/mol. The van der Waals surface area contributed by atoms with Crippen molar-refractivity contribution in [2.45, 2.75) is 51.0 Å². The third kappa shape index (κ3) is 2.71. The van der Waals surface area contributed by atoms with E-state index >= 15 is 0 Å². The van der Waals surface area contributed by atoms with E-state index in [1.165, 1.54) is 11.3 Å². The number of thiazole rings is 1. The van der Waals surface area contributed by atoms with E-state index in [0.717, 1.165) is 32.4 Å². The van der Waals surface area contributed by atoms with Gasteiger partial charge in [-0.15, -0.1) is 11.3 Å². The number of nitrogens with zero attached hydrogens (tertiary/aromatic N) is 2. The molecule has 0 aliphatic carbocycles. The Bertz CT molecular complexity index is 472. The van der Waals surface area contributed by atoms with Crippen LogP contribution in [0.2, 0.25) is 0 Å². The van der Waals surface area contributed by atoms with E-state index in [-0.39, 0.29) is 0 Å². The van der Waals surface area contributed by atoms with Crippen LogP contribution in [0.4, 0.5) is 13.2 Å². The first-order chi connectivity index (χ1) is 9.45. The highest BCUT2D eigenvalue weighted by molar-refractivity contribution is 7.11. The summed E-state index contributed by atoms with van der Waals surface area (Å²) >= 11 is 1.18. The van der Waals surface area contributed by atoms with Crippen LogP contribution in [0.5, 0.6) is 0 Å². The average molecular weight is 305 g/mol. The summed E-state index contributed by atoms with van der Waals surface area (Å²) < 4.78 is 39.1. The molecule has 0 radical (unpaired) electrons. The van der Waals surface area contributed by atoms with Gasteiger partial charge in [-0.2, -0.15) is 13.2 Å². The second kappa shape index (κ2) is 5.27. The van der Waals surface area contributed by atoms with Gasteiger partial charge < -0.3 is 5.32 Å². The highest BCUT2D eigenvalue weighted by atomic mass is 32.1. The summed E-state index contributed by atoms with van der Waals surface area (Å²) in [7, 11) is 0. The molecule has 7 heteroatoms. The minimum absolute atomic E-state index is 0.367. The lowest BCUT2D eigenvalue weighted by atomic mass is 10.1. The number of halogens is 3. The van der Waals surface area contributed by atoms with Gasteiger partial charge in [0.05, 0.1) is 9.88 Å². The number of hydrogen-bond donors (Lipinski definition) is 1. The first kappa shape index (κ1) is 14.3. The Hall–Kier alpha value is -0.660. The van der Waals surface area contributed by atoms with Gasteiger partial charge in [0.15, 0.2) is 5.69 Å². The molecular formula is C13H18F3N3S. The minimum atomic E-state index is -4.34. The Labute approximate surface area is 120 Å². The summed E-state index contributed by atoms with van der Waals surface area (Å²) in [4.78, 5) is 6.31. The maximum Gasteiger partial charge on any atom is 0.434 e. The molecule has 2 fully saturated rings. The molecule has 3 heterocycles. The van der Waals surface area contributed by atoms with Crippen molar-refractivity contribution in [2.75, 3.05) is 13.1 Å². The van der Waals surface area contributed by atoms with Crippen LogP contribution in [0.1, 0.15) is 34.8 Å². The Morgan fingerprint density at radius 3 is 2.80 bits per heavy atom. The molecule has 1 aromatic rings. The first-order valence-electron chi connectivity index (χ1n) is 6.95. The Balaban J connectivity index is 1.84. The zero-order chi connectivity index (χ0) is 14.3. The molecule has 2 aliphatic heterocycles. The fraction of sp³-hybridized carbons (Fsp3) is 0.769. The van der Waals surface area contributed by atoms with Crippen molar-refractivity contribution in [2.24, 2.45) is 0 Å². The van der Waals surface area contributed by atoms with Gasteiger partial charge in [-0.1, -0.05) is 0 Å². The Morgan fingerprint density at radius 1 is 1.30 bits per heavy atom. The molecule has 1 aromatic heterocycles. The van der Waals surface area contributed by atoms with E-state index in [9.17, 15) is 13.2 Å². The number of aromatic nitrogens is 1. The zero-order valence-electron chi connectivity index (χ0n) is 11.3. The predicted octanol–water partition coefficient (Wildman–Crippen LogP) is 2.80. The van der Waals surface area contributed by atoms with Crippen LogP contribution < -0.4 is 5.32 Å². The van der Waals surface area contributed by atoms with Crippen LogP contribution in [0.15, 0.2) is 0 Å². The number of hydrogen-bond acceptors (Lipinski definition) is 4. The Kier molecular flexibility index (Phi) is 3.77. The molecule has 0 aromatic carbocycles. The molecule has 0 amide bonds. The van der Waals surface area contributed by atoms with Gasteiger partial charge >= 0.3 is 6.18 Å². The predicted molar refractivity (Wildman–Crippen MR) is 71.7 cm³/mol. The lowest BCUT2D eigenvalue weighted by molar-refractivity contribution is -0.141. The summed E-state index contributed by atoms with van der Waals surface area (Å²) in [6.45, 7) is 3.88. The van der Waals surface area contributed by atoms with Crippen molar-refractivity contribution >= 4 is 11.3 Å². The fourth-order valence-corrected chi connectivity index (χ4v) is 4.27. The standard InChI is InChI=1S/C13H18F3N3S/c1-8-18-12(13(14,15)16)11(20-8)7-19-9-2-3-10(19)6-17-5-4-9/h9-10,17H,2-7H2,1H3. The summed E-state index contributed by atoms with van der Waals surface area (Å²) in [5.74, 6) is 0. The third-order valence-electron chi connectivity index (χ3n) is 4.20. The molecule has 0 spiro atoms. The third-order valence-corrected chi connectivity index (χ3v) is 5.16. The molecule has 2 bridgehead atoms. The van der Waals surface area contributed by atoms with E-state index in [2.05, 4.69) is 15.2 Å². The second-order valence-corrected chi connectivity index (χ2v) is 6.84. The SMILES string of the molecule is Cc1nc(C(F)(F)F)c(CN2C3CCNCC2CC3)s1. The molecule has 2 atom stereocenters. The van der Waals surface area contributed by atoms with Gasteiger partial charge in [0, 0.05) is 25.2 Å². The minimum Gasteiger partial charge on any atom is -0.315 e. The van der Waals surface area contributed by atoms with Crippen LogP contribution >= 0.6 is 11.3 Å². The smallest absolute Gasteiger partial charge is 0.315 e. The van der Waals surface area contributed by atoms with Gasteiger partial charge in [0.25, 0.3) is 0 Å². The summed E-state index contributed by atoms with van der Waals surface area (Å²) in [6.07, 6.45) is -1.14. The number of aryl methyl sites for hydroxylation is 1.